The maximum Gasteiger partial charge on any atom is 0.100 e. The molecular weight excluding hydrogens is 334 g/mol. The van der Waals surface area contributed by atoms with Crippen LogP contribution in [0.25, 0.3) is 27.8 Å². The van der Waals surface area contributed by atoms with Gasteiger partial charge in [-0.15, -0.1) is 0 Å². The summed E-state index contributed by atoms with van der Waals surface area (Å²) in [5.41, 5.74) is 5.66. The van der Waals surface area contributed by atoms with Gasteiger partial charge in [0.05, 0.1) is 22.2 Å². The molecule has 5 heteroatoms. The smallest absolute Gasteiger partial charge is 0.100 e. The van der Waals surface area contributed by atoms with Gasteiger partial charge in [-0.3, -0.25) is 9.55 Å². The lowest BCUT2D eigenvalue weighted by Gasteiger charge is -2.09. The third-order valence-electron chi connectivity index (χ3n) is 4.26. The average molecular weight is 350 g/mol. The maximum atomic E-state index is 9.74. The summed E-state index contributed by atoms with van der Waals surface area (Å²) in [6, 6.07) is 15.9. The van der Waals surface area contributed by atoms with Crippen LogP contribution in [-0.2, 0) is 0 Å². The van der Waals surface area contributed by atoms with Crippen molar-refractivity contribution in [3.05, 3.63) is 77.8 Å². The number of halogens is 1. The van der Waals surface area contributed by atoms with E-state index in [1.54, 1.807) is 25.6 Å². The standard InChI is InChI=1S/C20H16ClN3O/c1-13(25)14-5-6-20-19(10-14)23-12-24(20)16-4-2-3-15(9-16)17-7-8-22-11-18(17)21/h2-13,25H,1H3. The first-order valence-electron chi connectivity index (χ1n) is 7.99. The van der Waals surface area contributed by atoms with E-state index >= 15 is 0 Å². The number of pyridine rings is 1. The molecule has 25 heavy (non-hydrogen) atoms. The Kier molecular flexibility index (Phi) is 3.99. The van der Waals surface area contributed by atoms with Crippen LogP contribution < -0.4 is 0 Å². The highest BCUT2D eigenvalue weighted by Crippen LogP contribution is 2.29. The number of rotatable bonds is 3. The molecule has 1 unspecified atom stereocenters. The van der Waals surface area contributed by atoms with E-state index < -0.39 is 6.10 Å². The van der Waals surface area contributed by atoms with Crippen LogP contribution in [-0.4, -0.2) is 19.6 Å². The molecule has 2 aromatic carbocycles. The van der Waals surface area contributed by atoms with E-state index in [1.165, 1.54) is 0 Å². The second-order valence-corrected chi connectivity index (χ2v) is 6.35. The van der Waals surface area contributed by atoms with Gasteiger partial charge in [-0.05, 0) is 48.4 Å². The van der Waals surface area contributed by atoms with Gasteiger partial charge < -0.3 is 5.11 Å². The minimum Gasteiger partial charge on any atom is -0.389 e. The van der Waals surface area contributed by atoms with E-state index in [0.717, 1.165) is 33.4 Å². The highest BCUT2D eigenvalue weighted by molar-refractivity contribution is 6.33. The van der Waals surface area contributed by atoms with Gasteiger partial charge in [0.1, 0.15) is 6.33 Å². The Morgan fingerprint density at radius 3 is 2.80 bits per heavy atom. The normalized spacial score (nSPS) is 12.4. The lowest BCUT2D eigenvalue weighted by atomic mass is 10.1. The van der Waals surface area contributed by atoms with Crippen LogP contribution in [0.5, 0.6) is 0 Å². The topological polar surface area (TPSA) is 50.9 Å². The summed E-state index contributed by atoms with van der Waals surface area (Å²) in [4.78, 5) is 8.51. The van der Waals surface area contributed by atoms with Gasteiger partial charge >= 0.3 is 0 Å². The molecule has 4 rings (SSSR count). The molecule has 0 radical (unpaired) electrons. The van der Waals surface area contributed by atoms with E-state index in [0.29, 0.717) is 5.02 Å². The zero-order valence-electron chi connectivity index (χ0n) is 13.6. The van der Waals surface area contributed by atoms with Crippen LogP contribution >= 0.6 is 11.6 Å². The maximum absolute atomic E-state index is 9.74. The second kappa shape index (κ2) is 6.31. The quantitative estimate of drug-likeness (QED) is 0.578. The number of fused-ring (bicyclic) bond motifs is 1. The summed E-state index contributed by atoms with van der Waals surface area (Å²) in [6.07, 6.45) is 4.67. The van der Waals surface area contributed by atoms with E-state index in [4.69, 9.17) is 11.6 Å². The van der Waals surface area contributed by atoms with Gasteiger partial charge in [0.25, 0.3) is 0 Å². The van der Waals surface area contributed by atoms with Crippen LogP contribution in [0.3, 0.4) is 0 Å². The van der Waals surface area contributed by atoms with Crippen LogP contribution in [0.4, 0.5) is 0 Å². The highest BCUT2D eigenvalue weighted by atomic mass is 35.5. The number of aliphatic hydroxyl groups is 1. The van der Waals surface area contributed by atoms with Crippen molar-refractivity contribution < 1.29 is 5.11 Å². The Hall–Kier alpha value is -2.69. The molecule has 0 aliphatic heterocycles. The van der Waals surface area contributed by atoms with Crippen LogP contribution in [0, 0.1) is 0 Å². The van der Waals surface area contributed by atoms with Crippen LogP contribution in [0.1, 0.15) is 18.6 Å². The summed E-state index contributed by atoms with van der Waals surface area (Å²) in [5, 5.41) is 10.4. The van der Waals surface area contributed by atoms with Crippen molar-refractivity contribution in [3.8, 4) is 16.8 Å². The molecule has 0 fully saturated rings. The fourth-order valence-corrected chi connectivity index (χ4v) is 3.16. The predicted octanol–water partition coefficient (Wildman–Crippen LogP) is 4.79. The molecule has 0 amide bonds. The van der Waals surface area contributed by atoms with Gasteiger partial charge in [0.2, 0.25) is 0 Å². The first kappa shape index (κ1) is 15.8. The molecule has 0 aliphatic carbocycles. The molecule has 2 heterocycles. The van der Waals surface area contributed by atoms with Crippen molar-refractivity contribution in [1.29, 1.82) is 0 Å². The van der Waals surface area contributed by atoms with Gasteiger partial charge in [-0.2, -0.15) is 0 Å². The highest BCUT2D eigenvalue weighted by Gasteiger charge is 2.09. The minimum atomic E-state index is -0.508. The largest absolute Gasteiger partial charge is 0.389 e. The van der Waals surface area contributed by atoms with Gasteiger partial charge in [0.15, 0.2) is 0 Å². The Balaban J connectivity index is 1.82. The molecule has 0 spiro atoms. The number of aromatic nitrogens is 3. The van der Waals surface area contributed by atoms with Crippen LogP contribution in [0.15, 0.2) is 67.3 Å². The SMILES string of the molecule is CC(O)c1ccc2c(c1)ncn2-c1cccc(-c2ccncc2Cl)c1. The fraction of sp³-hybridized carbons (Fsp3) is 0.100. The molecule has 1 atom stereocenters. The number of hydrogen-bond acceptors (Lipinski definition) is 3. The van der Waals surface area contributed by atoms with Gasteiger partial charge in [-0.25, -0.2) is 4.98 Å². The molecule has 0 bridgehead atoms. The summed E-state index contributed by atoms with van der Waals surface area (Å²) >= 11 is 6.27. The zero-order valence-corrected chi connectivity index (χ0v) is 14.4. The summed E-state index contributed by atoms with van der Waals surface area (Å²) in [5.74, 6) is 0. The van der Waals surface area contributed by atoms with E-state index in [9.17, 15) is 5.11 Å². The minimum absolute atomic E-state index is 0.508. The van der Waals surface area contributed by atoms with E-state index in [2.05, 4.69) is 16.0 Å². The van der Waals surface area contributed by atoms with Gasteiger partial charge in [-0.1, -0.05) is 29.8 Å². The third-order valence-corrected chi connectivity index (χ3v) is 4.56. The lowest BCUT2D eigenvalue weighted by Crippen LogP contribution is -1.94. The van der Waals surface area contributed by atoms with E-state index in [1.807, 2.05) is 47.0 Å². The molecule has 0 aliphatic rings. The summed E-state index contributed by atoms with van der Waals surface area (Å²) in [6.45, 7) is 1.75. The van der Waals surface area contributed by atoms with Crippen LogP contribution in [0.2, 0.25) is 5.02 Å². The lowest BCUT2D eigenvalue weighted by molar-refractivity contribution is 0.199. The van der Waals surface area contributed by atoms with Crippen molar-refractivity contribution in [1.82, 2.24) is 14.5 Å². The molecule has 4 nitrogen and oxygen atoms in total. The number of imidazole rings is 1. The molecule has 0 saturated heterocycles. The number of aliphatic hydroxyl groups excluding tert-OH is 1. The first-order valence-corrected chi connectivity index (χ1v) is 8.36. The van der Waals surface area contributed by atoms with Crippen molar-refractivity contribution >= 4 is 22.6 Å². The number of benzene rings is 2. The van der Waals surface area contributed by atoms with Crippen molar-refractivity contribution in [2.75, 3.05) is 0 Å². The molecule has 1 N–H and O–H groups in total. The van der Waals surface area contributed by atoms with E-state index in [-0.39, 0.29) is 0 Å². The monoisotopic (exact) mass is 349 g/mol. The Morgan fingerprint density at radius 2 is 2.00 bits per heavy atom. The molecule has 2 aromatic heterocycles. The Labute approximate surface area is 150 Å². The second-order valence-electron chi connectivity index (χ2n) is 5.94. The molecule has 0 saturated carbocycles. The molecule has 124 valence electrons. The number of nitrogens with zero attached hydrogens (tertiary/aromatic N) is 3. The van der Waals surface area contributed by atoms with Crippen molar-refractivity contribution in [3.63, 3.8) is 0 Å². The predicted molar refractivity (Wildman–Crippen MR) is 99.9 cm³/mol. The Morgan fingerprint density at radius 1 is 1.12 bits per heavy atom. The zero-order chi connectivity index (χ0) is 17.4. The molecule has 4 aromatic rings. The number of hydrogen-bond donors (Lipinski definition) is 1. The third kappa shape index (κ3) is 2.90. The Bertz CT molecular complexity index is 1060. The first-order chi connectivity index (χ1) is 12.1. The summed E-state index contributed by atoms with van der Waals surface area (Å²) < 4.78 is 2.03. The fourth-order valence-electron chi connectivity index (χ4n) is 2.93. The molecular formula is C20H16ClN3O. The van der Waals surface area contributed by atoms with Crippen molar-refractivity contribution in [2.45, 2.75) is 13.0 Å². The summed E-state index contributed by atoms with van der Waals surface area (Å²) in [7, 11) is 0. The average Bonchev–Trinajstić information content (AvgIpc) is 3.05. The van der Waals surface area contributed by atoms with Gasteiger partial charge in [0, 0.05) is 23.6 Å². The van der Waals surface area contributed by atoms with Crippen molar-refractivity contribution in [2.24, 2.45) is 0 Å².